The van der Waals surface area contributed by atoms with Crippen molar-refractivity contribution in [3.63, 3.8) is 0 Å². The summed E-state index contributed by atoms with van der Waals surface area (Å²) in [5.74, 6) is 3.06. The van der Waals surface area contributed by atoms with E-state index >= 15 is 0 Å². The van der Waals surface area contributed by atoms with Gasteiger partial charge in [0.15, 0.2) is 11.5 Å². The fourth-order valence-electron chi connectivity index (χ4n) is 4.28. The molecule has 0 spiro atoms. The van der Waals surface area contributed by atoms with E-state index in [9.17, 15) is 0 Å². The molecule has 4 rings (SSSR count). The minimum Gasteiger partial charge on any atom is -0.459 e. The number of anilines is 1. The highest BCUT2D eigenvalue weighted by Crippen LogP contribution is 2.58. The van der Waals surface area contributed by atoms with Crippen molar-refractivity contribution in [2.75, 3.05) is 5.73 Å². The second-order valence-corrected chi connectivity index (χ2v) is 7.11. The molecule has 0 amide bonds. The maximum Gasteiger partial charge on any atom is 0.336 e. The van der Waals surface area contributed by atoms with Crippen molar-refractivity contribution in [2.45, 2.75) is 58.5 Å². The van der Waals surface area contributed by atoms with Gasteiger partial charge in [0.1, 0.15) is 0 Å². The average molecular weight is 315 g/mol. The molecule has 4 atom stereocenters. The third-order valence-corrected chi connectivity index (χ3v) is 5.47. The number of nitrogens with two attached hydrogens (primary N) is 1. The van der Waals surface area contributed by atoms with Gasteiger partial charge in [-0.3, -0.25) is 0 Å². The largest absolute Gasteiger partial charge is 0.459 e. The Morgan fingerprint density at radius 1 is 1.39 bits per heavy atom. The Labute approximate surface area is 136 Å². The van der Waals surface area contributed by atoms with Gasteiger partial charge in [-0.05, 0) is 50.4 Å². The number of hydrogen-bond donors (Lipinski definition) is 1. The number of imidazole rings is 1. The predicted octanol–water partition coefficient (Wildman–Crippen LogP) is 2.86. The average Bonchev–Trinajstić information content (AvgIpc) is 2.89. The highest BCUT2D eigenvalue weighted by Gasteiger charge is 2.52. The Hall–Kier alpha value is -1.85. The van der Waals surface area contributed by atoms with Gasteiger partial charge in [-0.15, -0.1) is 5.10 Å². The molecule has 0 aromatic carbocycles. The van der Waals surface area contributed by atoms with Gasteiger partial charge in [-0.2, -0.15) is 4.98 Å². The molecule has 23 heavy (non-hydrogen) atoms. The van der Waals surface area contributed by atoms with E-state index in [0.29, 0.717) is 17.5 Å². The summed E-state index contributed by atoms with van der Waals surface area (Å²) >= 11 is 0. The fraction of sp³-hybridized carbons (Fsp3) is 0.706. The molecule has 6 nitrogen and oxygen atoms in total. The summed E-state index contributed by atoms with van der Waals surface area (Å²) in [6, 6.07) is 0.353. The lowest BCUT2D eigenvalue weighted by Gasteiger charge is -2.12. The number of nitrogens with zero attached hydrogens (tertiary/aromatic N) is 4. The lowest BCUT2D eigenvalue weighted by atomic mass is 10.1. The van der Waals surface area contributed by atoms with E-state index in [1.54, 1.807) is 0 Å². The second-order valence-electron chi connectivity index (χ2n) is 7.11. The summed E-state index contributed by atoms with van der Waals surface area (Å²) in [7, 11) is 0. The van der Waals surface area contributed by atoms with Crippen LogP contribution in [0.3, 0.4) is 0 Å². The Morgan fingerprint density at radius 3 is 2.91 bits per heavy atom. The highest BCUT2D eigenvalue weighted by molar-refractivity contribution is 5.59. The third kappa shape index (κ3) is 2.64. The summed E-state index contributed by atoms with van der Waals surface area (Å²) < 4.78 is 7.65. The molecule has 6 heteroatoms. The summed E-state index contributed by atoms with van der Waals surface area (Å²) in [5, 5.41) is 4.53. The van der Waals surface area contributed by atoms with E-state index < -0.39 is 0 Å². The van der Waals surface area contributed by atoms with Crippen LogP contribution in [0.5, 0.6) is 6.01 Å². The van der Waals surface area contributed by atoms with Gasteiger partial charge in [0.05, 0.1) is 18.0 Å². The molecule has 2 heterocycles. The van der Waals surface area contributed by atoms with Crippen LogP contribution in [0.2, 0.25) is 0 Å². The van der Waals surface area contributed by atoms with Crippen molar-refractivity contribution in [3.05, 3.63) is 11.9 Å². The Balaban J connectivity index is 1.57. The van der Waals surface area contributed by atoms with Crippen LogP contribution in [0.25, 0.3) is 5.65 Å². The molecule has 2 N–H and O–H groups in total. The van der Waals surface area contributed by atoms with Gasteiger partial charge in [-0.1, -0.05) is 19.8 Å². The molecule has 2 fully saturated rings. The van der Waals surface area contributed by atoms with Crippen LogP contribution in [0.15, 0.2) is 6.20 Å². The zero-order chi connectivity index (χ0) is 16.0. The van der Waals surface area contributed by atoms with Gasteiger partial charge in [-0.25, -0.2) is 9.50 Å². The maximum atomic E-state index is 6.04. The first-order valence-corrected chi connectivity index (χ1v) is 8.84. The molecular formula is C17H25N5O. The van der Waals surface area contributed by atoms with Crippen molar-refractivity contribution in [3.8, 4) is 6.01 Å². The van der Waals surface area contributed by atoms with E-state index in [4.69, 9.17) is 10.5 Å². The van der Waals surface area contributed by atoms with E-state index in [1.165, 1.54) is 19.3 Å². The van der Waals surface area contributed by atoms with Crippen LogP contribution in [0.4, 0.5) is 5.82 Å². The number of rotatable bonds is 6. The van der Waals surface area contributed by atoms with E-state index in [1.807, 2.05) is 17.6 Å². The summed E-state index contributed by atoms with van der Waals surface area (Å²) in [4.78, 5) is 8.66. The monoisotopic (exact) mass is 315 g/mol. The lowest BCUT2D eigenvalue weighted by molar-refractivity contribution is 0.189. The fourth-order valence-corrected chi connectivity index (χ4v) is 4.28. The van der Waals surface area contributed by atoms with Crippen molar-refractivity contribution in [2.24, 2.45) is 17.8 Å². The molecule has 0 bridgehead atoms. The van der Waals surface area contributed by atoms with Crippen LogP contribution < -0.4 is 10.5 Å². The quantitative estimate of drug-likeness (QED) is 0.887. The number of ether oxygens (including phenoxy) is 1. The van der Waals surface area contributed by atoms with Crippen LogP contribution in [0, 0.1) is 17.8 Å². The maximum absolute atomic E-state index is 6.04. The molecule has 2 aliphatic rings. The number of nitrogen functional groups attached to an aromatic ring is 1. The Bertz CT molecular complexity index is 702. The summed E-state index contributed by atoms with van der Waals surface area (Å²) in [6.07, 6.45) is 9.26. The summed E-state index contributed by atoms with van der Waals surface area (Å²) in [5.41, 5.74) is 7.81. The second kappa shape index (κ2) is 5.65. The zero-order valence-corrected chi connectivity index (χ0v) is 13.9. The molecule has 124 valence electrons. The molecule has 2 saturated carbocycles. The molecular weight excluding hydrogens is 290 g/mol. The normalized spacial score (nSPS) is 27.1. The molecule has 0 saturated heterocycles. The SMILES string of the molecule is CCC[C@H](C)Oc1nc(N)c2ncc(CC3[C@H]4CCC[C@@H]34)n2n1. The lowest BCUT2D eigenvalue weighted by Crippen LogP contribution is -2.15. The van der Waals surface area contributed by atoms with Crippen molar-refractivity contribution < 1.29 is 4.74 Å². The van der Waals surface area contributed by atoms with Crippen molar-refractivity contribution in [1.82, 2.24) is 19.6 Å². The van der Waals surface area contributed by atoms with Crippen molar-refractivity contribution in [1.29, 1.82) is 0 Å². The molecule has 2 aliphatic carbocycles. The minimum absolute atomic E-state index is 0.0895. The summed E-state index contributed by atoms with van der Waals surface area (Å²) in [6.45, 7) is 4.17. The van der Waals surface area contributed by atoms with Gasteiger partial charge in [0, 0.05) is 0 Å². The number of hydrogen-bond acceptors (Lipinski definition) is 5. The van der Waals surface area contributed by atoms with E-state index in [-0.39, 0.29) is 6.10 Å². The van der Waals surface area contributed by atoms with E-state index in [2.05, 4.69) is 22.0 Å². The highest BCUT2D eigenvalue weighted by atomic mass is 16.5. The molecule has 2 aromatic heterocycles. The van der Waals surface area contributed by atoms with Gasteiger partial charge in [0.25, 0.3) is 0 Å². The molecule has 2 aromatic rings. The molecule has 0 aliphatic heterocycles. The van der Waals surface area contributed by atoms with Crippen LogP contribution in [-0.4, -0.2) is 25.7 Å². The van der Waals surface area contributed by atoms with Gasteiger partial charge in [0.2, 0.25) is 0 Å². The first-order chi connectivity index (χ1) is 11.2. The standard InChI is InChI=1S/C17H25N5O/c1-3-5-10(2)23-17-20-15(18)16-19-9-11(22(16)21-17)8-14-12-6-4-7-13(12)14/h9-10,12-14H,3-8H2,1-2H3,(H2,18,20,21)/t10-,12-,13+,14?/m0/s1. The first kappa shape index (κ1) is 14.7. The van der Waals surface area contributed by atoms with Crippen LogP contribution >= 0.6 is 0 Å². The predicted molar refractivity (Wildman–Crippen MR) is 88.2 cm³/mol. The topological polar surface area (TPSA) is 78.3 Å². The van der Waals surface area contributed by atoms with Crippen LogP contribution in [0.1, 0.15) is 51.6 Å². The minimum atomic E-state index is 0.0895. The Morgan fingerprint density at radius 2 is 2.17 bits per heavy atom. The smallest absolute Gasteiger partial charge is 0.336 e. The van der Waals surface area contributed by atoms with E-state index in [0.717, 1.165) is 42.7 Å². The molecule has 1 unspecified atom stereocenters. The molecule has 0 radical (unpaired) electrons. The first-order valence-electron chi connectivity index (χ1n) is 8.84. The zero-order valence-electron chi connectivity index (χ0n) is 13.9. The number of aromatic nitrogens is 4. The Kier molecular flexibility index (Phi) is 3.62. The van der Waals surface area contributed by atoms with Crippen LogP contribution in [-0.2, 0) is 6.42 Å². The van der Waals surface area contributed by atoms with Gasteiger partial charge < -0.3 is 10.5 Å². The third-order valence-electron chi connectivity index (χ3n) is 5.47. The number of fused-ring (bicyclic) bond motifs is 2. The van der Waals surface area contributed by atoms with Gasteiger partial charge >= 0.3 is 6.01 Å². The van der Waals surface area contributed by atoms with Crippen molar-refractivity contribution >= 4 is 11.5 Å².